The van der Waals surface area contributed by atoms with Crippen molar-refractivity contribution < 1.29 is 113 Å². The summed E-state index contributed by atoms with van der Waals surface area (Å²) in [7, 11) is 2.96. The molecule has 4 saturated carbocycles. The Hall–Kier alpha value is -2.12. The van der Waals surface area contributed by atoms with Crippen LogP contribution in [0.4, 0.5) is 0 Å². The fraction of sp³-hybridized carbons (Fsp3) is 0.929. The van der Waals surface area contributed by atoms with Crippen molar-refractivity contribution in [2.24, 2.45) is 44.8 Å². The van der Waals surface area contributed by atoms with Crippen LogP contribution in [-0.4, -0.2) is 252 Å². The number of amides is 1. The number of hydrogen-bond acceptors (Lipinski definition) is 23. The molecule has 5 heterocycles. The SMILES string of the molecule is CO[C@]1(C)[C@@H]2CC[C@@]3(C)C(CC=C4C5CC(C)(C)CC[C@]5(C(=O)OC5([C@@H]6OC(C)[C@H](O[C@@H]7OC[C@@H](O)C(O)C7O)C(O)C6O)OC6C(O)[C@@H](N(C)C(=O)CO[C@@H]7O[C@@H](CO)C(O)C7O)C(CO)O[C@H]65)C(O)C[C@]43C)C2(C)CC[C@@H]1O. The molecule has 0 bridgehead atoms. The van der Waals surface area contributed by atoms with E-state index in [0.29, 0.717) is 25.7 Å². The van der Waals surface area contributed by atoms with Crippen LogP contribution in [0.25, 0.3) is 0 Å². The summed E-state index contributed by atoms with van der Waals surface area (Å²) in [5.41, 5.74) is -2.87. The molecule has 456 valence electrons. The second kappa shape index (κ2) is 21.4. The van der Waals surface area contributed by atoms with Gasteiger partial charge < -0.3 is 109 Å². The molecule has 10 rings (SSSR count). The molecule has 0 spiro atoms. The molecular formula is C56H89NO23. The first kappa shape index (κ1) is 61.0. The predicted molar refractivity (Wildman–Crippen MR) is 273 cm³/mol. The van der Waals surface area contributed by atoms with E-state index in [1.54, 1.807) is 7.11 Å². The van der Waals surface area contributed by atoms with Gasteiger partial charge in [-0.15, -0.1) is 0 Å². The Labute approximate surface area is 466 Å². The first-order valence-electron chi connectivity index (χ1n) is 28.8. The van der Waals surface area contributed by atoms with Crippen molar-refractivity contribution in [3.8, 4) is 0 Å². The minimum absolute atomic E-state index is 0.0635. The highest BCUT2D eigenvalue weighted by molar-refractivity contribution is 5.80. The first-order valence-corrected chi connectivity index (χ1v) is 28.8. The lowest BCUT2D eigenvalue weighted by atomic mass is 9.34. The van der Waals surface area contributed by atoms with Gasteiger partial charge in [0.15, 0.2) is 24.8 Å². The van der Waals surface area contributed by atoms with Crippen LogP contribution in [0.2, 0.25) is 0 Å². The summed E-state index contributed by atoms with van der Waals surface area (Å²) in [5.74, 6) is -4.65. The molecule has 5 aliphatic carbocycles. The maximum Gasteiger partial charge on any atom is 0.318 e. The summed E-state index contributed by atoms with van der Waals surface area (Å²) in [5, 5.41) is 134. The normalized spacial score (nSPS) is 54.3. The fourth-order valence-corrected chi connectivity index (χ4v) is 17.5. The van der Waals surface area contributed by atoms with Crippen molar-refractivity contribution in [2.45, 2.75) is 240 Å². The summed E-state index contributed by atoms with van der Waals surface area (Å²) in [6.45, 7) is 11.9. The average Bonchev–Trinajstić information content (AvgIpc) is 2.13. The van der Waals surface area contributed by atoms with Gasteiger partial charge in [-0.25, -0.2) is 0 Å². The highest BCUT2D eigenvalue weighted by Crippen LogP contribution is 2.75. The van der Waals surface area contributed by atoms with Gasteiger partial charge in [0.2, 0.25) is 5.91 Å². The Morgan fingerprint density at radius 2 is 1.41 bits per heavy atom. The van der Waals surface area contributed by atoms with E-state index in [-0.39, 0.29) is 40.9 Å². The number of nitrogens with zero attached hydrogens (tertiary/aromatic N) is 1. The lowest BCUT2D eigenvalue weighted by Gasteiger charge is -2.71. The number of ether oxygens (including phenoxy) is 9. The number of aliphatic hydroxyl groups excluding tert-OH is 12. The Kier molecular flexibility index (Phi) is 16.3. The third-order valence-electron chi connectivity index (χ3n) is 22.6. The monoisotopic (exact) mass is 1140 g/mol. The number of carbonyl (C=O) groups excluding carboxylic acids is 2. The molecule has 0 aromatic rings. The highest BCUT2D eigenvalue weighted by Gasteiger charge is 2.77. The number of allylic oxidation sites excluding steroid dienone is 2. The molecule has 5 aliphatic heterocycles. The van der Waals surface area contributed by atoms with Crippen LogP contribution in [0.3, 0.4) is 0 Å². The quantitative estimate of drug-likeness (QED) is 0.0734. The van der Waals surface area contributed by atoms with E-state index in [9.17, 15) is 66.1 Å². The molecule has 0 aromatic carbocycles. The van der Waals surface area contributed by atoms with Crippen LogP contribution >= 0.6 is 0 Å². The largest absolute Gasteiger partial charge is 0.426 e. The lowest BCUT2D eigenvalue weighted by molar-refractivity contribution is -0.474. The van der Waals surface area contributed by atoms with Crippen LogP contribution in [0.1, 0.15) is 106 Å². The molecular weight excluding hydrogens is 1050 g/mol. The van der Waals surface area contributed by atoms with E-state index in [1.807, 2.05) is 6.92 Å². The van der Waals surface area contributed by atoms with Crippen LogP contribution in [0.5, 0.6) is 0 Å². The third kappa shape index (κ3) is 8.96. The van der Waals surface area contributed by atoms with Crippen molar-refractivity contribution in [2.75, 3.05) is 40.6 Å². The van der Waals surface area contributed by atoms with Gasteiger partial charge in [0.05, 0.1) is 49.8 Å². The maximum atomic E-state index is 16.1. The molecule has 9 fully saturated rings. The van der Waals surface area contributed by atoms with Gasteiger partial charge in [0.25, 0.3) is 5.79 Å². The van der Waals surface area contributed by atoms with E-state index in [4.69, 9.17) is 42.6 Å². The number of fused-ring (bicyclic) bond motifs is 8. The Balaban J connectivity index is 0.981. The summed E-state index contributed by atoms with van der Waals surface area (Å²) >= 11 is 0. The van der Waals surface area contributed by atoms with Crippen molar-refractivity contribution >= 4 is 11.9 Å². The molecule has 29 atom stereocenters. The molecule has 5 saturated heterocycles. The van der Waals surface area contributed by atoms with Crippen LogP contribution in [-0.2, 0) is 52.2 Å². The Morgan fingerprint density at radius 3 is 2.08 bits per heavy atom. The summed E-state index contributed by atoms with van der Waals surface area (Å²) < 4.78 is 54.8. The maximum absolute atomic E-state index is 16.1. The van der Waals surface area contributed by atoms with Gasteiger partial charge in [0.1, 0.15) is 85.3 Å². The highest BCUT2D eigenvalue weighted by atomic mass is 16.8. The van der Waals surface area contributed by atoms with Gasteiger partial charge in [-0.3, -0.25) is 9.59 Å². The minimum Gasteiger partial charge on any atom is -0.426 e. The van der Waals surface area contributed by atoms with Crippen molar-refractivity contribution in [1.29, 1.82) is 0 Å². The second-order valence-electron chi connectivity index (χ2n) is 27.0. The van der Waals surface area contributed by atoms with Crippen LogP contribution in [0.15, 0.2) is 11.6 Å². The topological polar surface area (TPSA) is 363 Å². The smallest absolute Gasteiger partial charge is 0.318 e. The number of rotatable bonds is 12. The molecule has 10 aliphatic rings. The van der Waals surface area contributed by atoms with Gasteiger partial charge in [-0.05, 0) is 111 Å². The van der Waals surface area contributed by atoms with Crippen molar-refractivity contribution in [1.82, 2.24) is 4.90 Å². The predicted octanol–water partition coefficient (Wildman–Crippen LogP) is -2.13. The minimum atomic E-state index is -2.55. The standard InChI is InChI=1S/C56H89NO23/c1-24-43(78-48-41(69)36(64)27(60)22-73-48)39(67)40(68)45(75-24)56(46-44(79-56)38(66)35(28(20-58)76-46)57(8)34(63)23-74-47-42(70)37(65)29(21-59)77-47)80-49(71)55-17-16-50(2,3)18-26(55)25-10-11-30-51(4)14-13-32(61)54(7,72-9)31(51)12-15-52(30,5)53(25,6)19-33(55)62/h10,24,26-33,35-48,58-62,64-70H,11-23H2,1-9H3/t24?,26?,27-,28?,29+,30?,31-,32+,33?,35+,36?,37?,38?,39?,40?,41?,42?,43+,44?,45-,46-,47-,48+,51?,52+,53-,54-,55-,56?/m1/s1. The molecule has 1 amide bonds. The number of hydrogen-bond donors (Lipinski definition) is 12. The van der Waals surface area contributed by atoms with E-state index < -0.39 is 189 Å². The van der Waals surface area contributed by atoms with Gasteiger partial charge in [0, 0.05) is 14.2 Å². The molecule has 15 unspecified atom stereocenters. The molecule has 0 aromatic heterocycles. The Morgan fingerprint density at radius 1 is 0.725 bits per heavy atom. The van der Waals surface area contributed by atoms with Crippen molar-refractivity contribution in [3.05, 3.63) is 11.6 Å². The van der Waals surface area contributed by atoms with E-state index >= 15 is 4.79 Å². The average molecular weight is 1140 g/mol. The number of esters is 1. The lowest BCUT2D eigenvalue weighted by Crippen LogP contribution is -2.84. The molecule has 80 heavy (non-hydrogen) atoms. The Bertz CT molecular complexity index is 2330. The zero-order valence-electron chi connectivity index (χ0n) is 47.4. The fourth-order valence-electron chi connectivity index (χ4n) is 17.5. The number of methoxy groups -OCH3 is 1. The molecule has 12 N–H and O–H groups in total. The number of aliphatic hydroxyl groups is 12. The van der Waals surface area contributed by atoms with E-state index in [0.717, 1.165) is 29.7 Å². The summed E-state index contributed by atoms with van der Waals surface area (Å²) in [4.78, 5) is 30.9. The van der Waals surface area contributed by atoms with Gasteiger partial charge >= 0.3 is 5.97 Å². The summed E-state index contributed by atoms with van der Waals surface area (Å²) in [6, 6.07) is -1.38. The van der Waals surface area contributed by atoms with Crippen LogP contribution < -0.4 is 0 Å². The third-order valence-corrected chi connectivity index (χ3v) is 22.6. The summed E-state index contributed by atoms with van der Waals surface area (Å²) in [6.07, 6.45) is -21.8. The van der Waals surface area contributed by atoms with Gasteiger partial charge in [-0.2, -0.15) is 0 Å². The molecule has 0 radical (unpaired) electrons. The van der Waals surface area contributed by atoms with E-state index in [2.05, 4.69) is 40.7 Å². The van der Waals surface area contributed by atoms with Gasteiger partial charge in [-0.1, -0.05) is 46.3 Å². The molecule has 24 nitrogen and oxygen atoms in total. The molecule has 24 heteroatoms. The van der Waals surface area contributed by atoms with Crippen molar-refractivity contribution in [3.63, 3.8) is 0 Å². The number of likely N-dealkylation sites (N-methyl/N-ethyl adjacent to an activating group) is 1. The number of carbonyl (C=O) groups is 2. The van der Waals surface area contributed by atoms with Crippen LogP contribution in [0, 0.1) is 44.8 Å². The zero-order valence-corrected chi connectivity index (χ0v) is 47.4. The first-order chi connectivity index (χ1) is 37.5. The zero-order chi connectivity index (χ0) is 58.4. The second-order valence-corrected chi connectivity index (χ2v) is 27.0. The van der Waals surface area contributed by atoms with E-state index in [1.165, 1.54) is 14.0 Å².